The zero-order chi connectivity index (χ0) is 13.0. The lowest BCUT2D eigenvalue weighted by molar-refractivity contribution is 0.292. The van der Waals surface area contributed by atoms with Gasteiger partial charge in [0.15, 0.2) is 0 Å². The van der Waals surface area contributed by atoms with Crippen molar-refractivity contribution in [3.8, 4) is 5.88 Å². The lowest BCUT2D eigenvalue weighted by atomic mass is 10.2. The Morgan fingerprint density at radius 3 is 2.72 bits per heavy atom. The van der Waals surface area contributed by atoms with Gasteiger partial charge in [0.1, 0.15) is 17.6 Å². The van der Waals surface area contributed by atoms with Crippen LogP contribution < -0.4 is 4.74 Å². The molecule has 1 aromatic carbocycles. The smallest absolute Gasteiger partial charge is 0.218 e. The summed E-state index contributed by atoms with van der Waals surface area (Å²) in [6, 6.07) is 9.10. The van der Waals surface area contributed by atoms with Crippen LogP contribution in [0.2, 0.25) is 10.2 Å². The number of benzene rings is 1. The van der Waals surface area contributed by atoms with Crippen LogP contribution in [0.1, 0.15) is 18.3 Å². The molecule has 0 N–H and O–H groups in total. The SMILES string of the molecule is CCc1nc(Cl)cc(OCc2cccc(Cl)c2)n1. The van der Waals surface area contributed by atoms with E-state index >= 15 is 0 Å². The Hall–Kier alpha value is -1.32. The molecule has 0 unspecified atom stereocenters. The zero-order valence-corrected chi connectivity index (χ0v) is 11.4. The zero-order valence-electron chi connectivity index (χ0n) is 9.86. The molecule has 1 heterocycles. The number of ether oxygens (including phenoxy) is 1. The number of aryl methyl sites for hydroxylation is 1. The summed E-state index contributed by atoms with van der Waals surface area (Å²) in [5.74, 6) is 1.15. The van der Waals surface area contributed by atoms with E-state index in [1.54, 1.807) is 6.07 Å². The number of halogens is 2. The molecule has 0 atom stereocenters. The van der Waals surface area contributed by atoms with Crippen LogP contribution in [0.4, 0.5) is 0 Å². The lowest BCUT2D eigenvalue weighted by Crippen LogP contribution is -2.01. The van der Waals surface area contributed by atoms with Crippen molar-refractivity contribution in [2.75, 3.05) is 0 Å². The first-order valence-electron chi connectivity index (χ1n) is 5.58. The van der Waals surface area contributed by atoms with Crippen LogP contribution in [0, 0.1) is 0 Å². The first kappa shape index (κ1) is 13.1. The van der Waals surface area contributed by atoms with Crippen molar-refractivity contribution in [3.63, 3.8) is 0 Å². The molecule has 0 fully saturated rings. The number of hydrogen-bond donors (Lipinski definition) is 0. The van der Waals surface area contributed by atoms with E-state index in [1.807, 2.05) is 31.2 Å². The summed E-state index contributed by atoms with van der Waals surface area (Å²) in [7, 11) is 0. The molecule has 1 aromatic heterocycles. The second-order valence-electron chi connectivity index (χ2n) is 3.72. The maximum absolute atomic E-state index is 5.90. The molecule has 0 amide bonds. The van der Waals surface area contributed by atoms with Crippen molar-refractivity contribution < 1.29 is 4.74 Å². The molecule has 2 rings (SSSR count). The van der Waals surface area contributed by atoms with E-state index in [0.717, 1.165) is 5.56 Å². The third kappa shape index (κ3) is 3.59. The van der Waals surface area contributed by atoms with E-state index < -0.39 is 0 Å². The Kier molecular flexibility index (Phi) is 4.39. The van der Waals surface area contributed by atoms with Crippen molar-refractivity contribution in [1.82, 2.24) is 9.97 Å². The highest BCUT2D eigenvalue weighted by atomic mass is 35.5. The molecule has 0 radical (unpaired) electrons. The van der Waals surface area contributed by atoms with E-state index in [1.165, 1.54) is 0 Å². The predicted octanol–water partition coefficient (Wildman–Crippen LogP) is 3.92. The van der Waals surface area contributed by atoms with Gasteiger partial charge in [-0.15, -0.1) is 0 Å². The average Bonchev–Trinajstić information content (AvgIpc) is 2.36. The molecular formula is C13H12Cl2N2O. The fourth-order valence-corrected chi connectivity index (χ4v) is 1.86. The van der Waals surface area contributed by atoms with Gasteiger partial charge >= 0.3 is 0 Å². The second kappa shape index (κ2) is 6.03. The van der Waals surface area contributed by atoms with Gasteiger partial charge in [0.25, 0.3) is 0 Å². The van der Waals surface area contributed by atoms with Crippen molar-refractivity contribution in [3.05, 3.63) is 51.9 Å². The van der Waals surface area contributed by atoms with Gasteiger partial charge in [-0.25, -0.2) is 4.98 Å². The standard InChI is InChI=1S/C13H12Cl2N2O/c1-2-12-16-11(15)7-13(17-12)18-8-9-4-3-5-10(14)6-9/h3-7H,2,8H2,1H3. The van der Waals surface area contributed by atoms with Gasteiger partial charge < -0.3 is 4.74 Å². The van der Waals surface area contributed by atoms with Crippen LogP contribution in [-0.4, -0.2) is 9.97 Å². The van der Waals surface area contributed by atoms with Crippen LogP contribution in [0.5, 0.6) is 5.88 Å². The van der Waals surface area contributed by atoms with Gasteiger partial charge in [0.05, 0.1) is 0 Å². The maximum Gasteiger partial charge on any atom is 0.218 e. The van der Waals surface area contributed by atoms with Crippen molar-refractivity contribution in [2.45, 2.75) is 20.0 Å². The average molecular weight is 283 g/mol. The van der Waals surface area contributed by atoms with Gasteiger partial charge in [0.2, 0.25) is 5.88 Å². The third-order valence-electron chi connectivity index (χ3n) is 2.31. The largest absolute Gasteiger partial charge is 0.473 e. The minimum Gasteiger partial charge on any atom is -0.473 e. The molecule has 5 heteroatoms. The Morgan fingerprint density at radius 2 is 2.00 bits per heavy atom. The number of nitrogens with zero attached hydrogens (tertiary/aromatic N) is 2. The van der Waals surface area contributed by atoms with E-state index in [0.29, 0.717) is 34.9 Å². The van der Waals surface area contributed by atoms with Gasteiger partial charge in [-0.05, 0) is 17.7 Å². The molecule has 0 bridgehead atoms. The molecule has 0 saturated carbocycles. The second-order valence-corrected chi connectivity index (χ2v) is 4.54. The summed E-state index contributed by atoms with van der Waals surface area (Å²) in [5.41, 5.74) is 0.982. The number of aromatic nitrogens is 2. The predicted molar refractivity (Wildman–Crippen MR) is 72.2 cm³/mol. The summed E-state index contributed by atoms with van der Waals surface area (Å²) in [4.78, 5) is 8.31. The van der Waals surface area contributed by atoms with Crippen molar-refractivity contribution >= 4 is 23.2 Å². The lowest BCUT2D eigenvalue weighted by Gasteiger charge is -2.07. The number of hydrogen-bond acceptors (Lipinski definition) is 3. The van der Waals surface area contributed by atoms with E-state index in [9.17, 15) is 0 Å². The van der Waals surface area contributed by atoms with Crippen LogP contribution in [0.3, 0.4) is 0 Å². The van der Waals surface area contributed by atoms with Crippen molar-refractivity contribution in [1.29, 1.82) is 0 Å². The molecule has 0 saturated heterocycles. The maximum atomic E-state index is 5.90. The van der Waals surface area contributed by atoms with Crippen LogP contribution in [0.25, 0.3) is 0 Å². The Balaban J connectivity index is 2.08. The quantitative estimate of drug-likeness (QED) is 0.797. The topological polar surface area (TPSA) is 35.0 Å². The van der Waals surface area contributed by atoms with Crippen LogP contribution >= 0.6 is 23.2 Å². The number of rotatable bonds is 4. The molecule has 0 aliphatic carbocycles. The molecular weight excluding hydrogens is 271 g/mol. The molecule has 18 heavy (non-hydrogen) atoms. The first-order valence-corrected chi connectivity index (χ1v) is 6.33. The molecule has 2 aromatic rings. The molecule has 3 nitrogen and oxygen atoms in total. The van der Waals surface area contributed by atoms with Gasteiger partial charge in [-0.3, -0.25) is 0 Å². The van der Waals surface area contributed by atoms with Gasteiger partial charge in [-0.1, -0.05) is 42.3 Å². The molecule has 0 aliphatic rings. The minimum absolute atomic E-state index is 0.392. The van der Waals surface area contributed by atoms with Crippen LogP contribution in [-0.2, 0) is 13.0 Å². The van der Waals surface area contributed by atoms with Gasteiger partial charge in [0, 0.05) is 17.5 Å². The Bertz CT molecular complexity index is 546. The Morgan fingerprint density at radius 1 is 1.17 bits per heavy atom. The van der Waals surface area contributed by atoms with Crippen molar-refractivity contribution in [2.24, 2.45) is 0 Å². The summed E-state index contributed by atoms with van der Waals surface area (Å²) < 4.78 is 5.58. The third-order valence-corrected chi connectivity index (χ3v) is 2.74. The molecule has 94 valence electrons. The van der Waals surface area contributed by atoms with E-state index in [2.05, 4.69) is 9.97 Å². The normalized spacial score (nSPS) is 10.4. The first-order chi connectivity index (χ1) is 8.67. The van der Waals surface area contributed by atoms with E-state index in [4.69, 9.17) is 27.9 Å². The summed E-state index contributed by atoms with van der Waals surface area (Å²) >= 11 is 11.8. The van der Waals surface area contributed by atoms with E-state index in [-0.39, 0.29) is 0 Å². The molecule has 0 aliphatic heterocycles. The summed E-state index contributed by atoms with van der Waals surface area (Å²) in [5, 5.41) is 1.08. The monoisotopic (exact) mass is 282 g/mol. The summed E-state index contributed by atoms with van der Waals surface area (Å²) in [6.07, 6.45) is 0.716. The van der Waals surface area contributed by atoms with Gasteiger partial charge in [-0.2, -0.15) is 4.98 Å². The molecule has 0 spiro atoms. The highest BCUT2D eigenvalue weighted by molar-refractivity contribution is 6.30. The minimum atomic E-state index is 0.392. The Labute approximate surface area is 116 Å². The summed E-state index contributed by atoms with van der Waals surface area (Å²) in [6.45, 7) is 2.36. The highest BCUT2D eigenvalue weighted by Gasteiger charge is 2.03. The fraction of sp³-hybridized carbons (Fsp3) is 0.231. The highest BCUT2D eigenvalue weighted by Crippen LogP contribution is 2.17. The van der Waals surface area contributed by atoms with Crippen LogP contribution in [0.15, 0.2) is 30.3 Å². The fourth-order valence-electron chi connectivity index (χ4n) is 1.46.